The normalized spacial score (nSPS) is 14.8. The first-order chi connectivity index (χ1) is 15.2. The van der Waals surface area contributed by atoms with E-state index in [1.165, 1.54) is 12.8 Å². The van der Waals surface area contributed by atoms with Crippen molar-refractivity contribution >= 4 is 34.2 Å². The number of carbonyl (C=O) groups excluding carboxylic acids is 1. The van der Waals surface area contributed by atoms with E-state index in [9.17, 15) is 4.79 Å². The predicted octanol–water partition coefficient (Wildman–Crippen LogP) is 5.77. The number of rotatable bonds is 6. The maximum Gasteiger partial charge on any atom is 0.303 e. The highest BCUT2D eigenvalue weighted by Gasteiger charge is 2.39. The van der Waals surface area contributed by atoms with Gasteiger partial charge in [-0.2, -0.15) is 0 Å². The van der Waals surface area contributed by atoms with Gasteiger partial charge in [0.1, 0.15) is 17.6 Å². The van der Waals surface area contributed by atoms with Gasteiger partial charge < -0.3 is 9.30 Å². The average molecular weight is 450 g/mol. The summed E-state index contributed by atoms with van der Waals surface area (Å²) in [6.45, 7) is 6.88. The summed E-state index contributed by atoms with van der Waals surface area (Å²) in [7, 11) is 1.96. The molecule has 0 bridgehead atoms. The Kier molecular flexibility index (Phi) is 5.92. The molecule has 0 radical (unpaired) electrons. The average Bonchev–Trinajstić information content (AvgIpc) is 3.53. The van der Waals surface area contributed by atoms with Gasteiger partial charge in [0, 0.05) is 12.7 Å². The molecule has 32 heavy (non-hydrogen) atoms. The molecule has 1 aliphatic rings. The number of anilines is 1. The van der Waals surface area contributed by atoms with Crippen LogP contribution in [0.2, 0.25) is 5.02 Å². The van der Waals surface area contributed by atoms with Gasteiger partial charge in [-0.25, -0.2) is 4.98 Å². The fourth-order valence-electron chi connectivity index (χ4n) is 4.00. The number of carbonyl (C=O) groups is 1. The Morgan fingerprint density at radius 2 is 2.03 bits per heavy atom. The molecule has 0 spiro atoms. The predicted molar refractivity (Wildman–Crippen MR) is 129 cm³/mol. The number of benzene rings is 2. The zero-order valence-corrected chi connectivity index (χ0v) is 19.7. The molecule has 1 amide bonds. The summed E-state index contributed by atoms with van der Waals surface area (Å²) in [6.07, 6.45) is 8.01. The summed E-state index contributed by atoms with van der Waals surface area (Å²) in [4.78, 5) is 19.6. The first kappa shape index (κ1) is 22.2. The van der Waals surface area contributed by atoms with Crippen LogP contribution in [0, 0.1) is 23.7 Å². The number of amides is 1. The van der Waals surface area contributed by atoms with E-state index < -0.39 is 11.9 Å². The SMILES string of the molecule is C#CC(=O)N(c1ccc(OCC2CC2)c(Cl)c1)C(c1nc2ccccc2n1C)C(C)(C)C. The second-order valence-electron chi connectivity index (χ2n) is 9.47. The number of aryl methyl sites for hydroxylation is 1. The molecule has 1 saturated carbocycles. The van der Waals surface area contributed by atoms with Crippen molar-refractivity contribution < 1.29 is 9.53 Å². The standard InChI is InChI=1S/C26H28ClN3O2/c1-6-23(31)30(18-13-14-22(19(27)15-18)32-16-17-11-12-17)24(26(2,3)4)25-28-20-9-7-8-10-21(20)29(25)5/h1,7-10,13-15,17,24H,11-12,16H2,2-5H3. The van der Waals surface area contributed by atoms with E-state index in [4.69, 9.17) is 27.7 Å². The van der Waals surface area contributed by atoms with E-state index in [2.05, 4.69) is 26.7 Å². The van der Waals surface area contributed by atoms with Crippen molar-refractivity contribution in [2.75, 3.05) is 11.5 Å². The molecule has 5 nitrogen and oxygen atoms in total. The van der Waals surface area contributed by atoms with Crippen molar-refractivity contribution in [2.24, 2.45) is 18.4 Å². The molecule has 166 valence electrons. The molecule has 1 unspecified atom stereocenters. The lowest BCUT2D eigenvalue weighted by atomic mass is 9.84. The molecule has 6 heteroatoms. The Hall–Kier alpha value is -2.97. The summed E-state index contributed by atoms with van der Waals surface area (Å²) < 4.78 is 7.89. The largest absolute Gasteiger partial charge is 0.492 e. The van der Waals surface area contributed by atoms with Crippen LogP contribution in [0.5, 0.6) is 5.75 Å². The van der Waals surface area contributed by atoms with Gasteiger partial charge in [0.25, 0.3) is 0 Å². The highest BCUT2D eigenvalue weighted by molar-refractivity contribution is 6.32. The minimum absolute atomic E-state index is 0.366. The molecule has 3 aromatic rings. The number of para-hydroxylation sites is 2. The van der Waals surface area contributed by atoms with Gasteiger partial charge in [-0.3, -0.25) is 9.69 Å². The second kappa shape index (κ2) is 8.52. The molecule has 1 heterocycles. The lowest BCUT2D eigenvalue weighted by Crippen LogP contribution is -2.42. The van der Waals surface area contributed by atoms with Crippen LogP contribution in [0.1, 0.15) is 45.5 Å². The van der Waals surface area contributed by atoms with Crippen molar-refractivity contribution in [2.45, 2.75) is 39.7 Å². The molecule has 1 atom stereocenters. The van der Waals surface area contributed by atoms with Crippen LogP contribution in [0.4, 0.5) is 5.69 Å². The Morgan fingerprint density at radius 1 is 1.31 bits per heavy atom. The second-order valence-corrected chi connectivity index (χ2v) is 9.88. The van der Waals surface area contributed by atoms with Crippen molar-refractivity contribution in [3.63, 3.8) is 0 Å². The third-order valence-electron chi connectivity index (χ3n) is 5.85. The molecular formula is C26H28ClN3O2. The highest BCUT2D eigenvalue weighted by Crippen LogP contribution is 2.42. The van der Waals surface area contributed by atoms with E-state index >= 15 is 0 Å². The quantitative estimate of drug-likeness (QED) is 0.449. The number of hydrogen-bond donors (Lipinski definition) is 0. The van der Waals surface area contributed by atoms with E-state index in [0.29, 0.717) is 29.0 Å². The van der Waals surface area contributed by atoms with Crippen LogP contribution in [-0.2, 0) is 11.8 Å². The summed E-state index contributed by atoms with van der Waals surface area (Å²) in [5.41, 5.74) is 2.11. The molecule has 1 fully saturated rings. The number of terminal acetylenes is 1. The molecule has 0 saturated heterocycles. The molecule has 1 aromatic heterocycles. The number of aromatic nitrogens is 2. The van der Waals surface area contributed by atoms with Crippen LogP contribution >= 0.6 is 11.6 Å². The molecule has 0 aliphatic heterocycles. The maximum atomic E-state index is 13.1. The number of imidazole rings is 1. The van der Waals surface area contributed by atoms with E-state index in [0.717, 1.165) is 16.9 Å². The molecule has 2 aromatic carbocycles. The van der Waals surface area contributed by atoms with Crippen LogP contribution < -0.4 is 9.64 Å². The minimum atomic E-state index is -0.445. The summed E-state index contributed by atoms with van der Waals surface area (Å²) in [5, 5.41) is 0.454. The number of halogens is 1. The monoisotopic (exact) mass is 449 g/mol. The minimum Gasteiger partial charge on any atom is -0.492 e. The Bertz CT molecular complexity index is 1200. The van der Waals surface area contributed by atoms with Crippen LogP contribution in [0.15, 0.2) is 42.5 Å². The summed E-state index contributed by atoms with van der Waals surface area (Å²) >= 11 is 6.55. The fourth-order valence-corrected chi connectivity index (χ4v) is 4.23. The van der Waals surface area contributed by atoms with Crippen LogP contribution in [0.3, 0.4) is 0 Å². The van der Waals surface area contributed by atoms with Crippen LogP contribution in [-0.4, -0.2) is 22.1 Å². The number of hydrogen-bond acceptors (Lipinski definition) is 3. The van der Waals surface area contributed by atoms with Crippen molar-refractivity contribution in [3.8, 4) is 18.1 Å². The molecule has 1 aliphatic carbocycles. The Balaban J connectivity index is 1.80. The van der Waals surface area contributed by atoms with E-state index in [1.54, 1.807) is 11.0 Å². The first-order valence-electron chi connectivity index (χ1n) is 10.8. The van der Waals surface area contributed by atoms with Gasteiger partial charge in [0.15, 0.2) is 0 Å². The third kappa shape index (κ3) is 4.33. The van der Waals surface area contributed by atoms with Gasteiger partial charge in [0.2, 0.25) is 0 Å². The van der Waals surface area contributed by atoms with Crippen molar-refractivity contribution in [1.29, 1.82) is 0 Å². The van der Waals surface area contributed by atoms with Gasteiger partial charge in [-0.1, -0.05) is 44.5 Å². The molecular weight excluding hydrogens is 422 g/mol. The van der Waals surface area contributed by atoms with Gasteiger partial charge in [-0.05, 0) is 60.4 Å². The molecule has 4 rings (SSSR count). The number of nitrogens with zero attached hydrogens (tertiary/aromatic N) is 3. The van der Waals surface area contributed by atoms with Gasteiger partial charge in [-0.15, -0.1) is 6.42 Å². The van der Waals surface area contributed by atoms with E-state index in [1.807, 2.05) is 48.0 Å². The van der Waals surface area contributed by atoms with Crippen LogP contribution in [0.25, 0.3) is 11.0 Å². The molecule has 0 N–H and O–H groups in total. The third-order valence-corrected chi connectivity index (χ3v) is 6.15. The zero-order chi connectivity index (χ0) is 23.0. The number of ether oxygens (including phenoxy) is 1. The van der Waals surface area contributed by atoms with Crippen molar-refractivity contribution in [1.82, 2.24) is 9.55 Å². The lowest BCUT2D eigenvalue weighted by Gasteiger charge is -2.39. The number of fused-ring (bicyclic) bond motifs is 1. The topological polar surface area (TPSA) is 47.4 Å². The maximum absolute atomic E-state index is 13.1. The Morgan fingerprint density at radius 3 is 2.62 bits per heavy atom. The zero-order valence-electron chi connectivity index (χ0n) is 18.9. The summed E-state index contributed by atoms with van der Waals surface area (Å²) in [6, 6.07) is 12.9. The fraction of sp³-hybridized carbons (Fsp3) is 0.385. The smallest absolute Gasteiger partial charge is 0.303 e. The highest BCUT2D eigenvalue weighted by atomic mass is 35.5. The van der Waals surface area contributed by atoms with Crippen molar-refractivity contribution in [3.05, 3.63) is 53.3 Å². The Labute approximate surface area is 194 Å². The van der Waals surface area contributed by atoms with E-state index in [-0.39, 0.29) is 5.41 Å². The van der Waals surface area contributed by atoms with Gasteiger partial charge >= 0.3 is 5.91 Å². The lowest BCUT2D eigenvalue weighted by molar-refractivity contribution is -0.114. The first-order valence-corrected chi connectivity index (χ1v) is 11.2. The summed E-state index contributed by atoms with van der Waals surface area (Å²) in [5.74, 6) is 3.84. The van der Waals surface area contributed by atoms with Gasteiger partial charge in [0.05, 0.1) is 22.7 Å².